The lowest BCUT2D eigenvalue weighted by molar-refractivity contribution is 0.0955. The molecule has 1 saturated carbocycles. The van der Waals surface area contributed by atoms with Gasteiger partial charge >= 0.3 is 0 Å². The molecule has 4 nitrogen and oxygen atoms in total. The van der Waals surface area contributed by atoms with Crippen molar-refractivity contribution >= 4 is 5.82 Å². The lowest BCUT2D eigenvalue weighted by Gasteiger charge is -2.32. The molecule has 106 valence electrons. The molecule has 0 spiro atoms. The summed E-state index contributed by atoms with van der Waals surface area (Å²) in [5.41, 5.74) is 0.999. The highest BCUT2D eigenvalue weighted by atomic mass is 16.5. The minimum atomic E-state index is 0.295. The van der Waals surface area contributed by atoms with Crippen LogP contribution in [0, 0.1) is 25.7 Å². The van der Waals surface area contributed by atoms with Gasteiger partial charge in [0.05, 0.1) is 5.56 Å². The summed E-state index contributed by atoms with van der Waals surface area (Å²) in [5, 5.41) is 3.10. The van der Waals surface area contributed by atoms with Crippen LogP contribution in [0.1, 0.15) is 44.5 Å². The summed E-state index contributed by atoms with van der Waals surface area (Å²) in [6, 6.07) is 0. The van der Waals surface area contributed by atoms with Gasteiger partial charge < -0.3 is 10.1 Å². The monoisotopic (exact) mass is 263 g/mol. The molecular weight excluding hydrogens is 238 g/mol. The molecule has 3 unspecified atom stereocenters. The quantitative estimate of drug-likeness (QED) is 0.908. The van der Waals surface area contributed by atoms with Crippen LogP contribution in [0.15, 0.2) is 0 Å². The smallest absolute Gasteiger partial charge is 0.222 e. The number of hydrogen-bond acceptors (Lipinski definition) is 4. The summed E-state index contributed by atoms with van der Waals surface area (Å²) >= 11 is 0. The highest BCUT2D eigenvalue weighted by molar-refractivity contribution is 5.47. The summed E-state index contributed by atoms with van der Waals surface area (Å²) < 4.78 is 6.14. The van der Waals surface area contributed by atoms with E-state index in [9.17, 15) is 0 Å². The first-order valence-electron chi connectivity index (χ1n) is 7.21. The van der Waals surface area contributed by atoms with E-state index in [2.05, 4.69) is 29.1 Å². The number of nitrogens with zero attached hydrogens (tertiary/aromatic N) is 2. The van der Waals surface area contributed by atoms with Gasteiger partial charge in [-0.25, -0.2) is 4.98 Å². The van der Waals surface area contributed by atoms with Crippen molar-refractivity contribution in [3.8, 4) is 5.88 Å². The molecule has 1 aromatic heterocycles. The third kappa shape index (κ3) is 3.17. The average molecular weight is 263 g/mol. The maximum atomic E-state index is 6.14. The van der Waals surface area contributed by atoms with Gasteiger partial charge in [-0.2, -0.15) is 4.98 Å². The summed E-state index contributed by atoms with van der Waals surface area (Å²) in [4.78, 5) is 8.82. The molecule has 0 aliphatic heterocycles. The first kappa shape index (κ1) is 14.1. The van der Waals surface area contributed by atoms with E-state index >= 15 is 0 Å². The predicted molar refractivity (Wildman–Crippen MR) is 77.6 cm³/mol. The topological polar surface area (TPSA) is 47.0 Å². The number of hydrogen-bond donors (Lipinski definition) is 1. The van der Waals surface area contributed by atoms with Crippen LogP contribution < -0.4 is 10.1 Å². The highest BCUT2D eigenvalue weighted by Crippen LogP contribution is 2.32. The van der Waals surface area contributed by atoms with Crippen LogP contribution in [0.25, 0.3) is 0 Å². The van der Waals surface area contributed by atoms with E-state index in [1.54, 1.807) is 0 Å². The van der Waals surface area contributed by atoms with E-state index in [0.29, 0.717) is 6.10 Å². The number of ether oxygens (including phenoxy) is 1. The Kier molecular flexibility index (Phi) is 4.27. The maximum absolute atomic E-state index is 6.14. The van der Waals surface area contributed by atoms with Crippen LogP contribution in [0.5, 0.6) is 5.88 Å². The Morgan fingerprint density at radius 3 is 2.47 bits per heavy atom. The van der Waals surface area contributed by atoms with Crippen molar-refractivity contribution < 1.29 is 4.74 Å². The Hall–Kier alpha value is -1.32. The number of aromatic nitrogens is 2. The summed E-state index contributed by atoms with van der Waals surface area (Å²) in [7, 11) is 1.88. The van der Waals surface area contributed by atoms with Gasteiger partial charge in [0.2, 0.25) is 5.88 Å². The van der Waals surface area contributed by atoms with Crippen molar-refractivity contribution in [3.63, 3.8) is 0 Å². The molecule has 1 N–H and O–H groups in total. The first-order valence-corrected chi connectivity index (χ1v) is 7.21. The minimum Gasteiger partial charge on any atom is -0.474 e. The van der Waals surface area contributed by atoms with Gasteiger partial charge in [0, 0.05) is 7.05 Å². The molecule has 0 aromatic carbocycles. The van der Waals surface area contributed by atoms with Crippen LogP contribution in [0.3, 0.4) is 0 Å². The molecule has 0 radical (unpaired) electrons. The van der Waals surface area contributed by atoms with E-state index in [1.165, 1.54) is 6.42 Å². The summed E-state index contributed by atoms with van der Waals surface area (Å²) in [6.45, 7) is 8.56. The van der Waals surface area contributed by atoms with Crippen molar-refractivity contribution in [1.82, 2.24) is 9.97 Å². The molecule has 19 heavy (non-hydrogen) atoms. The number of nitrogens with one attached hydrogen (secondary N) is 1. The van der Waals surface area contributed by atoms with Crippen LogP contribution in [-0.2, 0) is 0 Å². The molecule has 1 aromatic rings. The third-order valence-electron chi connectivity index (χ3n) is 4.28. The fourth-order valence-corrected chi connectivity index (χ4v) is 2.72. The molecular formula is C15H25N3O. The third-order valence-corrected chi connectivity index (χ3v) is 4.28. The van der Waals surface area contributed by atoms with E-state index in [1.807, 2.05) is 20.9 Å². The fourth-order valence-electron chi connectivity index (χ4n) is 2.72. The van der Waals surface area contributed by atoms with Gasteiger partial charge in [0.15, 0.2) is 0 Å². The van der Waals surface area contributed by atoms with Crippen molar-refractivity contribution in [1.29, 1.82) is 0 Å². The lowest BCUT2D eigenvalue weighted by atomic mass is 9.80. The predicted octanol–water partition coefficient (Wildman–Crippen LogP) is 3.34. The van der Waals surface area contributed by atoms with Crippen LogP contribution in [0.4, 0.5) is 5.82 Å². The number of rotatable bonds is 3. The van der Waals surface area contributed by atoms with E-state index < -0.39 is 0 Å². The summed E-state index contributed by atoms with van der Waals surface area (Å²) in [5.74, 6) is 3.89. The lowest BCUT2D eigenvalue weighted by Crippen LogP contribution is -2.29. The number of aryl methyl sites for hydroxylation is 1. The average Bonchev–Trinajstić information content (AvgIpc) is 2.37. The van der Waals surface area contributed by atoms with Crippen molar-refractivity contribution in [2.45, 2.75) is 53.1 Å². The van der Waals surface area contributed by atoms with Gasteiger partial charge in [-0.15, -0.1) is 0 Å². The molecule has 3 atom stereocenters. The maximum Gasteiger partial charge on any atom is 0.222 e. The standard InChI is InChI=1S/C15H25N3O/c1-9-6-7-13(8-10(9)2)19-15-11(3)14(16-5)17-12(4)18-15/h9-10,13H,6-8H2,1-5H3,(H,16,17,18). The van der Waals surface area contributed by atoms with Gasteiger partial charge in [-0.1, -0.05) is 13.8 Å². The minimum absolute atomic E-state index is 0.295. The molecule has 4 heteroatoms. The van der Waals surface area contributed by atoms with Gasteiger partial charge in [-0.3, -0.25) is 0 Å². The van der Waals surface area contributed by atoms with Crippen molar-refractivity contribution in [3.05, 3.63) is 11.4 Å². The zero-order valence-corrected chi connectivity index (χ0v) is 12.7. The molecule has 0 bridgehead atoms. The van der Waals surface area contributed by atoms with E-state index in [4.69, 9.17) is 4.74 Å². The Balaban J connectivity index is 2.13. The Morgan fingerprint density at radius 1 is 1.11 bits per heavy atom. The zero-order chi connectivity index (χ0) is 14.0. The van der Waals surface area contributed by atoms with E-state index in [-0.39, 0.29) is 0 Å². The van der Waals surface area contributed by atoms with Gasteiger partial charge in [0.1, 0.15) is 17.7 Å². The largest absolute Gasteiger partial charge is 0.474 e. The van der Waals surface area contributed by atoms with Gasteiger partial charge in [0.25, 0.3) is 0 Å². The van der Waals surface area contributed by atoms with E-state index in [0.717, 1.165) is 47.8 Å². The SMILES string of the molecule is CNc1nc(C)nc(OC2CCC(C)C(C)C2)c1C. The second kappa shape index (κ2) is 5.76. The van der Waals surface area contributed by atoms with Crippen LogP contribution >= 0.6 is 0 Å². The fraction of sp³-hybridized carbons (Fsp3) is 0.733. The van der Waals surface area contributed by atoms with Crippen LogP contribution in [-0.4, -0.2) is 23.1 Å². The molecule has 1 heterocycles. The molecule has 0 saturated heterocycles. The zero-order valence-electron chi connectivity index (χ0n) is 12.7. The number of anilines is 1. The Morgan fingerprint density at radius 2 is 1.84 bits per heavy atom. The normalized spacial score (nSPS) is 27.1. The first-order chi connectivity index (χ1) is 9.01. The van der Waals surface area contributed by atoms with Crippen molar-refractivity contribution in [2.24, 2.45) is 11.8 Å². The molecule has 1 aliphatic rings. The van der Waals surface area contributed by atoms with Crippen molar-refractivity contribution in [2.75, 3.05) is 12.4 Å². The van der Waals surface area contributed by atoms with Crippen LogP contribution in [0.2, 0.25) is 0 Å². The highest BCUT2D eigenvalue weighted by Gasteiger charge is 2.26. The Labute approximate surface area is 116 Å². The van der Waals surface area contributed by atoms with Gasteiger partial charge in [-0.05, 0) is 44.9 Å². The second-order valence-electron chi connectivity index (χ2n) is 5.81. The molecule has 1 fully saturated rings. The second-order valence-corrected chi connectivity index (χ2v) is 5.81. The summed E-state index contributed by atoms with van der Waals surface area (Å²) in [6.07, 6.45) is 3.79. The Bertz CT molecular complexity index is 447. The molecule has 0 amide bonds. The molecule has 1 aliphatic carbocycles. The molecule has 2 rings (SSSR count).